The van der Waals surface area contributed by atoms with Crippen LogP contribution in [0.1, 0.15) is 44.9 Å². The minimum Gasteiger partial charge on any atom is -0.326 e. The van der Waals surface area contributed by atoms with E-state index in [1.807, 2.05) is 20.8 Å². The monoisotopic (exact) mass is 331 g/mol. The molecule has 0 saturated carbocycles. The molecule has 0 amide bonds. The topological polar surface area (TPSA) is 82.7 Å². The molecule has 2 aromatic heterocycles. The molecule has 0 aliphatic carbocycles. The number of hydrogen-bond acceptors (Lipinski definition) is 5. The summed E-state index contributed by atoms with van der Waals surface area (Å²) in [5.41, 5.74) is 0. The number of nitrogens with zero attached hydrogens (tertiary/aromatic N) is 5. The minimum atomic E-state index is -3.83. The van der Waals surface area contributed by atoms with E-state index in [9.17, 15) is 8.42 Å². The molecule has 7 nitrogen and oxygen atoms in total. The van der Waals surface area contributed by atoms with Gasteiger partial charge in [0.05, 0.1) is 6.54 Å². The third-order valence-electron chi connectivity index (χ3n) is 3.01. The Bertz CT molecular complexity index is 720. The average molecular weight is 332 g/mol. The first-order chi connectivity index (χ1) is 9.82. The molecule has 0 aliphatic heterocycles. The predicted molar refractivity (Wildman–Crippen MR) is 78.8 cm³/mol. The maximum Gasteiger partial charge on any atom is 0.280 e. The maximum absolute atomic E-state index is 11.4. The van der Waals surface area contributed by atoms with E-state index in [2.05, 4.69) is 15.1 Å². The van der Waals surface area contributed by atoms with E-state index < -0.39 is 9.05 Å². The second-order valence-corrected chi connectivity index (χ2v) is 7.54. The van der Waals surface area contributed by atoms with Gasteiger partial charge in [-0.2, -0.15) is 5.10 Å². The van der Waals surface area contributed by atoms with Gasteiger partial charge >= 0.3 is 0 Å². The zero-order valence-electron chi connectivity index (χ0n) is 12.2. The summed E-state index contributed by atoms with van der Waals surface area (Å²) in [6, 6.07) is 0.178. The van der Waals surface area contributed by atoms with E-state index in [0.717, 1.165) is 12.2 Å². The molecule has 2 heterocycles. The Hall–Kier alpha value is -1.41. The van der Waals surface area contributed by atoms with Crippen molar-refractivity contribution >= 4 is 19.7 Å². The lowest BCUT2D eigenvalue weighted by molar-refractivity contribution is 0.493. The lowest BCUT2D eigenvalue weighted by Gasteiger charge is -2.11. The molecule has 0 fully saturated rings. The molecule has 0 unspecified atom stereocenters. The highest BCUT2D eigenvalue weighted by Crippen LogP contribution is 2.17. The molecule has 0 bridgehead atoms. The lowest BCUT2D eigenvalue weighted by Crippen LogP contribution is -2.13. The van der Waals surface area contributed by atoms with E-state index in [-0.39, 0.29) is 11.1 Å². The van der Waals surface area contributed by atoms with Gasteiger partial charge < -0.3 is 4.57 Å². The van der Waals surface area contributed by atoms with Crippen LogP contribution >= 0.6 is 10.7 Å². The van der Waals surface area contributed by atoms with Crippen molar-refractivity contribution in [1.29, 1.82) is 0 Å². The van der Waals surface area contributed by atoms with Crippen molar-refractivity contribution in [2.24, 2.45) is 0 Å². The van der Waals surface area contributed by atoms with E-state index in [1.54, 1.807) is 9.25 Å². The van der Waals surface area contributed by atoms with Crippen molar-refractivity contribution in [3.63, 3.8) is 0 Å². The fraction of sp³-hybridized carbons (Fsp3) is 0.583. The second-order valence-electron chi connectivity index (χ2n) is 5.03. The van der Waals surface area contributed by atoms with Crippen LogP contribution in [0.5, 0.6) is 0 Å². The Labute approximate surface area is 128 Å². The fourth-order valence-electron chi connectivity index (χ4n) is 2.08. The molecule has 21 heavy (non-hydrogen) atoms. The first kappa shape index (κ1) is 16.0. The molecular weight excluding hydrogens is 314 g/mol. The minimum absolute atomic E-state index is 0.122. The zero-order valence-corrected chi connectivity index (χ0v) is 13.8. The Balaban J connectivity index is 2.38. The molecular formula is C12H18ClN5O2S. The quantitative estimate of drug-likeness (QED) is 0.756. The van der Waals surface area contributed by atoms with Crippen LogP contribution in [0.3, 0.4) is 0 Å². The van der Waals surface area contributed by atoms with Crippen LogP contribution in [0, 0.1) is 0 Å². The Morgan fingerprint density at radius 1 is 1.33 bits per heavy atom. The van der Waals surface area contributed by atoms with Crippen LogP contribution < -0.4 is 0 Å². The van der Waals surface area contributed by atoms with Crippen LogP contribution in [0.2, 0.25) is 0 Å². The first-order valence-electron chi connectivity index (χ1n) is 6.72. The van der Waals surface area contributed by atoms with E-state index >= 15 is 0 Å². The van der Waals surface area contributed by atoms with Gasteiger partial charge in [0.1, 0.15) is 18.0 Å². The molecule has 0 aromatic carbocycles. The van der Waals surface area contributed by atoms with E-state index in [0.29, 0.717) is 18.8 Å². The SMILES string of the molecule is CCCc1nc(S(=O)(=O)Cl)cn1Cc1ncnn1C(C)C. The summed E-state index contributed by atoms with van der Waals surface area (Å²) in [6.07, 6.45) is 4.47. The van der Waals surface area contributed by atoms with Gasteiger partial charge in [-0.1, -0.05) is 6.92 Å². The summed E-state index contributed by atoms with van der Waals surface area (Å²) in [5.74, 6) is 1.42. The number of hydrogen-bond donors (Lipinski definition) is 0. The smallest absolute Gasteiger partial charge is 0.280 e. The molecule has 0 spiro atoms. The molecule has 9 heteroatoms. The largest absolute Gasteiger partial charge is 0.326 e. The molecule has 0 aliphatic rings. The van der Waals surface area contributed by atoms with Gasteiger partial charge in [-0.25, -0.2) is 23.1 Å². The summed E-state index contributed by atoms with van der Waals surface area (Å²) in [4.78, 5) is 8.34. The van der Waals surface area contributed by atoms with Crippen molar-refractivity contribution in [2.75, 3.05) is 0 Å². The summed E-state index contributed by atoms with van der Waals surface area (Å²) < 4.78 is 26.4. The van der Waals surface area contributed by atoms with Gasteiger partial charge in [0.25, 0.3) is 9.05 Å². The van der Waals surface area contributed by atoms with Crippen LogP contribution in [-0.2, 0) is 22.0 Å². The van der Waals surface area contributed by atoms with Crippen LogP contribution in [0.25, 0.3) is 0 Å². The van der Waals surface area contributed by atoms with E-state index in [1.165, 1.54) is 12.5 Å². The Kier molecular flexibility index (Phi) is 4.67. The molecule has 116 valence electrons. The molecule has 0 radical (unpaired) electrons. The molecule has 2 rings (SSSR count). The maximum atomic E-state index is 11.4. The third kappa shape index (κ3) is 3.62. The molecule has 2 aromatic rings. The summed E-state index contributed by atoms with van der Waals surface area (Å²) in [7, 11) is 1.54. The number of aryl methyl sites for hydroxylation is 1. The highest BCUT2D eigenvalue weighted by molar-refractivity contribution is 8.13. The zero-order chi connectivity index (χ0) is 15.6. The summed E-state index contributed by atoms with van der Waals surface area (Å²) >= 11 is 0. The Morgan fingerprint density at radius 2 is 2.05 bits per heavy atom. The van der Waals surface area contributed by atoms with Crippen molar-refractivity contribution in [2.45, 2.75) is 51.2 Å². The van der Waals surface area contributed by atoms with Crippen molar-refractivity contribution in [1.82, 2.24) is 24.3 Å². The number of halogens is 1. The molecule has 0 atom stereocenters. The number of aromatic nitrogens is 5. The highest BCUT2D eigenvalue weighted by Gasteiger charge is 2.19. The van der Waals surface area contributed by atoms with Crippen LogP contribution in [0.4, 0.5) is 0 Å². The van der Waals surface area contributed by atoms with Crippen molar-refractivity contribution in [3.8, 4) is 0 Å². The average Bonchev–Trinajstić information content (AvgIpc) is 2.97. The normalized spacial score (nSPS) is 12.2. The number of imidazole rings is 1. The standard InChI is InChI=1S/C12H18ClN5O2S/c1-4-5-10-16-12(21(13,19)20)7-17(10)6-11-14-8-15-18(11)9(2)3/h7-9H,4-6H2,1-3H3. The van der Waals surface area contributed by atoms with Gasteiger partial charge in [-0.15, -0.1) is 0 Å². The summed E-state index contributed by atoms with van der Waals surface area (Å²) in [6.45, 7) is 6.43. The first-order valence-corrected chi connectivity index (χ1v) is 9.03. The number of rotatable bonds is 6. The Morgan fingerprint density at radius 3 is 2.62 bits per heavy atom. The van der Waals surface area contributed by atoms with Crippen LogP contribution in [0.15, 0.2) is 17.6 Å². The van der Waals surface area contributed by atoms with Gasteiger partial charge in [-0.05, 0) is 20.3 Å². The molecule has 0 N–H and O–H groups in total. The van der Waals surface area contributed by atoms with Gasteiger partial charge in [0.15, 0.2) is 5.03 Å². The van der Waals surface area contributed by atoms with Crippen molar-refractivity contribution < 1.29 is 8.42 Å². The fourth-order valence-corrected chi connectivity index (χ4v) is 2.77. The highest BCUT2D eigenvalue weighted by atomic mass is 35.7. The van der Waals surface area contributed by atoms with Gasteiger partial charge in [0.2, 0.25) is 0 Å². The molecule has 0 saturated heterocycles. The van der Waals surface area contributed by atoms with Crippen molar-refractivity contribution in [3.05, 3.63) is 24.2 Å². The lowest BCUT2D eigenvalue weighted by atomic mass is 10.3. The van der Waals surface area contributed by atoms with E-state index in [4.69, 9.17) is 10.7 Å². The van der Waals surface area contributed by atoms with Gasteiger partial charge in [-0.3, -0.25) is 0 Å². The van der Waals surface area contributed by atoms with Gasteiger partial charge in [0, 0.05) is 29.3 Å². The summed E-state index contributed by atoms with van der Waals surface area (Å²) in [5, 5.41) is 4.05. The van der Waals surface area contributed by atoms with Crippen LogP contribution in [-0.4, -0.2) is 32.7 Å². The predicted octanol–water partition coefficient (Wildman–Crippen LogP) is 1.98. The second kappa shape index (κ2) is 6.15. The third-order valence-corrected chi connectivity index (χ3v) is 4.18.